The molecule has 1 heterocycles. The number of unbranched alkanes of at least 4 members (excludes halogenated alkanes) is 2. The Bertz CT molecular complexity index is 388. The second-order valence-electron chi connectivity index (χ2n) is 5.40. The van der Waals surface area contributed by atoms with Crippen LogP contribution in [0.15, 0.2) is 0 Å². The molecule has 3 nitrogen and oxygen atoms in total. The minimum Gasteiger partial charge on any atom is -0.360 e. The van der Waals surface area contributed by atoms with Crippen molar-refractivity contribution in [1.29, 1.82) is 0 Å². The third-order valence-electron chi connectivity index (χ3n) is 2.85. The molecule has 0 unspecified atom stereocenters. The Labute approximate surface area is 115 Å². The maximum absolute atomic E-state index is 12.3. The van der Waals surface area contributed by atoms with E-state index in [1.165, 1.54) is 6.42 Å². The number of hydrogen-bond donors (Lipinski definition) is 1. The third kappa shape index (κ3) is 5.76. The van der Waals surface area contributed by atoms with Crippen LogP contribution in [0, 0.1) is 5.41 Å². The molecule has 1 N–H and O–H groups in total. The Morgan fingerprint density at radius 2 is 1.89 bits per heavy atom. The van der Waals surface area contributed by atoms with E-state index in [2.05, 4.69) is 35.4 Å². The Morgan fingerprint density at radius 1 is 1.21 bits per heavy atom. The zero-order valence-electron chi connectivity index (χ0n) is 11.5. The average molecular weight is 295 g/mol. The molecule has 1 aromatic heterocycles. The molecule has 0 aliphatic heterocycles. The van der Waals surface area contributed by atoms with Gasteiger partial charge in [-0.1, -0.05) is 40.0 Å². The fraction of sp³-hybridized carbons (Fsp3) is 0.833. The van der Waals surface area contributed by atoms with Crippen LogP contribution in [0.3, 0.4) is 0 Å². The van der Waals surface area contributed by atoms with Crippen LogP contribution in [0.2, 0.25) is 0 Å². The standard InChI is InChI=1S/C12H20F3N3S/c1-4-5-6-7-11(2,3)8-16-10-17-9(18-19-10)12(13,14)15/h4-8H2,1-3H3,(H,16,17,18). The molecule has 0 aliphatic carbocycles. The van der Waals surface area contributed by atoms with E-state index in [0.717, 1.165) is 30.8 Å². The Kier molecular flexibility index (Phi) is 5.58. The highest BCUT2D eigenvalue weighted by Crippen LogP contribution is 2.30. The number of halogens is 3. The lowest BCUT2D eigenvalue weighted by atomic mass is 9.87. The van der Waals surface area contributed by atoms with Gasteiger partial charge in [-0.2, -0.15) is 22.5 Å². The van der Waals surface area contributed by atoms with Gasteiger partial charge in [-0.15, -0.1) is 0 Å². The topological polar surface area (TPSA) is 37.8 Å². The van der Waals surface area contributed by atoms with Gasteiger partial charge in [0.2, 0.25) is 11.0 Å². The van der Waals surface area contributed by atoms with Crippen LogP contribution in [0.1, 0.15) is 52.3 Å². The van der Waals surface area contributed by atoms with Gasteiger partial charge in [-0.3, -0.25) is 0 Å². The summed E-state index contributed by atoms with van der Waals surface area (Å²) in [5, 5.41) is 3.18. The van der Waals surface area contributed by atoms with Crippen LogP contribution < -0.4 is 5.32 Å². The highest BCUT2D eigenvalue weighted by Gasteiger charge is 2.36. The minimum atomic E-state index is -4.47. The first-order valence-electron chi connectivity index (χ1n) is 6.39. The van der Waals surface area contributed by atoms with Gasteiger partial charge in [0, 0.05) is 18.1 Å². The van der Waals surface area contributed by atoms with Crippen LogP contribution >= 0.6 is 11.5 Å². The molecule has 0 saturated heterocycles. The van der Waals surface area contributed by atoms with Crippen molar-refractivity contribution >= 4 is 16.7 Å². The number of hydrogen-bond acceptors (Lipinski definition) is 4. The molecule has 1 rings (SSSR count). The summed E-state index contributed by atoms with van der Waals surface area (Å²) < 4.78 is 40.3. The van der Waals surface area contributed by atoms with Crippen LogP contribution in [0.25, 0.3) is 0 Å². The Hall–Kier alpha value is -0.850. The molecule has 0 atom stereocenters. The molecule has 0 fully saturated rings. The lowest BCUT2D eigenvalue weighted by Crippen LogP contribution is -2.23. The molecular weight excluding hydrogens is 275 g/mol. The van der Waals surface area contributed by atoms with Gasteiger partial charge in [0.1, 0.15) is 0 Å². The number of aromatic nitrogens is 2. The van der Waals surface area contributed by atoms with Gasteiger partial charge in [0.05, 0.1) is 0 Å². The van der Waals surface area contributed by atoms with Crippen molar-refractivity contribution in [2.24, 2.45) is 5.41 Å². The van der Waals surface area contributed by atoms with Crippen molar-refractivity contribution in [3.05, 3.63) is 5.82 Å². The zero-order valence-corrected chi connectivity index (χ0v) is 12.3. The van der Waals surface area contributed by atoms with Gasteiger partial charge in [0.15, 0.2) is 0 Å². The molecule has 0 saturated carbocycles. The van der Waals surface area contributed by atoms with E-state index in [-0.39, 0.29) is 10.5 Å². The van der Waals surface area contributed by atoms with E-state index in [1.807, 2.05) is 0 Å². The summed E-state index contributed by atoms with van der Waals surface area (Å²) in [5.74, 6) is -1.07. The average Bonchev–Trinajstić information content (AvgIpc) is 2.75. The molecule has 110 valence electrons. The van der Waals surface area contributed by atoms with Gasteiger partial charge < -0.3 is 5.32 Å². The number of nitrogens with zero attached hydrogens (tertiary/aromatic N) is 2. The Balaban J connectivity index is 2.45. The summed E-state index contributed by atoms with van der Waals surface area (Å²) in [4.78, 5) is 3.45. The van der Waals surface area contributed by atoms with Crippen molar-refractivity contribution < 1.29 is 13.2 Å². The SMILES string of the molecule is CCCCCC(C)(C)CNc1nc(C(F)(F)F)ns1. The van der Waals surface area contributed by atoms with E-state index in [0.29, 0.717) is 6.54 Å². The van der Waals surface area contributed by atoms with E-state index >= 15 is 0 Å². The molecule has 0 amide bonds. The molecule has 0 radical (unpaired) electrons. The number of nitrogens with one attached hydrogen (secondary N) is 1. The van der Waals surface area contributed by atoms with Crippen molar-refractivity contribution in [1.82, 2.24) is 9.36 Å². The van der Waals surface area contributed by atoms with E-state index in [9.17, 15) is 13.2 Å². The third-order valence-corrected chi connectivity index (χ3v) is 3.53. The first kappa shape index (κ1) is 16.2. The largest absolute Gasteiger partial charge is 0.452 e. The maximum atomic E-state index is 12.3. The van der Waals surface area contributed by atoms with Gasteiger partial charge in [-0.05, 0) is 11.8 Å². The van der Waals surface area contributed by atoms with Crippen molar-refractivity contribution in [3.8, 4) is 0 Å². The summed E-state index contributed by atoms with van der Waals surface area (Å²) in [6, 6.07) is 0. The minimum absolute atomic E-state index is 0.0409. The first-order valence-corrected chi connectivity index (χ1v) is 7.17. The summed E-state index contributed by atoms with van der Waals surface area (Å²) in [6.07, 6.45) is 0.0518. The lowest BCUT2D eigenvalue weighted by molar-refractivity contribution is -0.144. The normalized spacial score (nSPS) is 12.7. The van der Waals surface area contributed by atoms with Gasteiger partial charge >= 0.3 is 6.18 Å². The summed E-state index contributed by atoms with van der Waals surface area (Å²) in [5.41, 5.74) is 0.0409. The molecule has 7 heteroatoms. The quantitative estimate of drug-likeness (QED) is 0.748. The van der Waals surface area contributed by atoms with Crippen molar-refractivity contribution in [2.45, 2.75) is 52.6 Å². The monoisotopic (exact) mass is 295 g/mol. The first-order chi connectivity index (χ1) is 8.74. The van der Waals surface area contributed by atoms with E-state index in [1.54, 1.807) is 0 Å². The summed E-state index contributed by atoms with van der Waals surface area (Å²) in [6.45, 7) is 6.94. The lowest BCUT2D eigenvalue weighted by Gasteiger charge is -2.24. The molecule has 0 spiro atoms. The maximum Gasteiger partial charge on any atom is 0.452 e. The van der Waals surface area contributed by atoms with Crippen LogP contribution in [-0.2, 0) is 6.18 Å². The van der Waals surface area contributed by atoms with Gasteiger partial charge in [-0.25, -0.2) is 0 Å². The van der Waals surface area contributed by atoms with E-state index < -0.39 is 12.0 Å². The highest BCUT2D eigenvalue weighted by molar-refractivity contribution is 7.09. The fourth-order valence-electron chi connectivity index (χ4n) is 1.67. The molecule has 0 aromatic carbocycles. The van der Waals surface area contributed by atoms with Crippen LogP contribution in [0.4, 0.5) is 18.3 Å². The highest BCUT2D eigenvalue weighted by atomic mass is 32.1. The smallest absolute Gasteiger partial charge is 0.360 e. The Morgan fingerprint density at radius 3 is 2.42 bits per heavy atom. The molecular formula is C12H20F3N3S. The number of anilines is 1. The summed E-state index contributed by atoms with van der Waals surface area (Å²) >= 11 is 0.753. The number of alkyl halides is 3. The molecule has 19 heavy (non-hydrogen) atoms. The van der Waals surface area contributed by atoms with Gasteiger partial charge in [0.25, 0.3) is 0 Å². The second kappa shape index (κ2) is 6.54. The molecule has 0 aliphatic rings. The van der Waals surface area contributed by atoms with Crippen LogP contribution in [-0.4, -0.2) is 15.9 Å². The predicted molar refractivity (Wildman–Crippen MR) is 71.3 cm³/mol. The molecule has 1 aromatic rings. The molecule has 0 bridgehead atoms. The zero-order chi connectivity index (χ0) is 14.5. The second-order valence-corrected chi connectivity index (χ2v) is 6.15. The number of rotatable bonds is 7. The summed E-state index contributed by atoms with van der Waals surface area (Å²) in [7, 11) is 0. The predicted octanol–water partition coefficient (Wildman–Crippen LogP) is 4.58. The van der Waals surface area contributed by atoms with E-state index in [4.69, 9.17) is 0 Å². The van der Waals surface area contributed by atoms with Crippen molar-refractivity contribution in [3.63, 3.8) is 0 Å². The van der Waals surface area contributed by atoms with Crippen LogP contribution in [0.5, 0.6) is 0 Å². The fourth-order valence-corrected chi connectivity index (χ4v) is 2.25. The van der Waals surface area contributed by atoms with Crippen molar-refractivity contribution in [2.75, 3.05) is 11.9 Å².